The lowest BCUT2D eigenvalue weighted by Gasteiger charge is -2.23. The second kappa shape index (κ2) is 11.0. The van der Waals surface area contributed by atoms with Crippen LogP contribution < -0.4 is 9.64 Å². The number of hydrogen-bond donors (Lipinski definition) is 0. The van der Waals surface area contributed by atoms with Crippen molar-refractivity contribution >= 4 is 11.5 Å². The second-order valence-electron chi connectivity index (χ2n) is 7.13. The molecule has 1 aromatic carbocycles. The summed E-state index contributed by atoms with van der Waals surface area (Å²) < 4.78 is 46.1. The van der Waals surface area contributed by atoms with E-state index in [1.807, 2.05) is 18.2 Å². The molecule has 0 bridgehead atoms. The lowest BCUT2D eigenvalue weighted by Crippen LogP contribution is -2.19. The Bertz CT molecular complexity index is 765. The van der Waals surface area contributed by atoms with Crippen molar-refractivity contribution in [1.29, 1.82) is 0 Å². The Morgan fingerprint density at radius 3 is 2.45 bits per heavy atom. The van der Waals surface area contributed by atoms with E-state index in [-0.39, 0.29) is 11.8 Å². The third-order valence-electron chi connectivity index (χ3n) is 4.72. The number of unbranched alkanes of at least 4 members (excludes halogenated alkanes) is 4. The molecule has 0 fully saturated rings. The molecule has 0 saturated carbocycles. The number of aromatic nitrogens is 2. The Morgan fingerprint density at radius 2 is 1.76 bits per heavy atom. The summed E-state index contributed by atoms with van der Waals surface area (Å²) in [6, 6.07) is 7.53. The van der Waals surface area contributed by atoms with Crippen molar-refractivity contribution < 1.29 is 17.9 Å². The van der Waals surface area contributed by atoms with Crippen LogP contribution in [0.3, 0.4) is 0 Å². The number of aryl methyl sites for hydroxylation is 1. The fourth-order valence-electron chi connectivity index (χ4n) is 3.02. The minimum atomic E-state index is -4.55. The van der Waals surface area contributed by atoms with Gasteiger partial charge in [0.2, 0.25) is 0 Å². The molecule has 0 atom stereocenters. The van der Waals surface area contributed by atoms with Gasteiger partial charge in [-0.3, -0.25) is 0 Å². The summed E-state index contributed by atoms with van der Waals surface area (Å²) in [7, 11) is 1.59. The second-order valence-corrected chi connectivity index (χ2v) is 7.13. The quantitative estimate of drug-likeness (QED) is 0.394. The van der Waals surface area contributed by atoms with E-state index < -0.39 is 11.7 Å². The lowest BCUT2D eigenvalue weighted by molar-refractivity contribution is -0.137. The summed E-state index contributed by atoms with van der Waals surface area (Å²) in [5.74, 6) is -0.205. The highest BCUT2D eigenvalue weighted by atomic mass is 19.4. The molecule has 0 N–H and O–H groups in total. The van der Waals surface area contributed by atoms with Crippen molar-refractivity contribution in [3.05, 3.63) is 41.6 Å². The van der Waals surface area contributed by atoms with Gasteiger partial charge in [-0.15, -0.1) is 0 Å². The van der Waals surface area contributed by atoms with E-state index in [1.165, 1.54) is 4.90 Å². The van der Waals surface area contributed by atoms with E-state index in [2.05, 4.69) is 23.8 Å². The Morgan fingerprint density at radius 1 is 1.03 bits per heavy atom. The Balaban J connectivity index is 2.28. The summed E-state index contributed by atoms with van der Waals surface area (Å²) in [6.07, 6.45) is 3.28. The summed E-state index contributed by atoms with van der Waals surface area (Å²) >= 11 is 0. The topological polar surface area (TPSA) is 38.2 Å². The molecule has 4 nitrogen and oxygen atoms in total. The molecule has 2 aromatic rings. The first-order chi connectivity index (χ1) is 13.9. The van der Waals surface area contributed by atoms with E-state index in [4.69, 9.17) is 4.74 Å². The first-order valence-electron chi connectivity index (χ1n) is 10.3. The maximum Gasteiger partial charge on any atom is 0.421 e. The lowest BCUT2D eigenvalue weighted by atomic mass is 10.1. The molecule has 0 amide bonds. The van der Waals surface area contributed by atoms with Gasteiger partial charge in [0, 0.05) is 18.9 Å². The minimum absolute atomic E-state index is 0.0324. The third-order valence-corrected chi connectivity index (χ3v) is 4.72. The number of rotatable bonds is 11. The smallest absolute Gasteiger partial charge is 0.421 e. The molecule has 0 radical (unpaired) electrons. The van der Waals surface area contributed by atoms with Crippen LogP contribution in [-0.2, 0) is 12.6 Å². The number of alkyl halides is 3. The highest BCUT2D eigenvalue weighted by molar-refractivity contribution is 5.63. The molecule has 0 aliphatic rings. The Kier molecular flexibility index (Phi) is 8.73. The normalized spacial score (nSPS) is 11.5. The zero-order valence-electron chi connectivity index (χ0n) is 17.4. The first-order valence-corrected chi connectivity index (χ1v) is 10.3. The first kappa shape index (κ1) is 23.0. The largest absolute Gasteiger partial charge is 0.463 e. The van der Waals surface area contributed by atoms with Crippen LogP contribution in [0.5, 0.6) is 6.01 Å². The van der Waals surface area contributed by atoms with Gasteiger partial charge in [0.05, 0.1) is 6.61 Å². The average molecular weight is 409 g/mol. The van der Waals surface area contributed by atoms with Crippen LogP contribution in [0.2, 0.25) is 0 Å². The van der Waals surface area contributed by atoms with Gasteiger partial charge in [-0.05, 0) is 37.0 Å². The number of hydrogen-bond acceptors (Lipinski definition) is 4. The predicted molar refractivity (Wildman–Crippen MR) is 110 cm³/mol. The van der Waals surface area contributed by atoms with Crippen molar-refractivity contribution in [3.8, 4) is 6.01 Å². The molecule has 7 heteroatoms. The van der Waals surface area contributed by atoms with Crippen LogP contribution in [0.15, 0.2) is 30.5 Å². The van der Waals surface area contributed by atoms with Crippen LogP contribution in [0.1, 0.15) is 63.5 Å². The van der Waals surface area contributed by atoms with Gasteiger partial charge in [-0.2, -0.15) is 18.2 Å². The summed E-state index contributed by atoms with van der Waals surface area (Å²) in [5, 5.41) is 0. The van der Waals surface area contributed by atoms with Gasteiger partial charge in [0.1, 0.15) is 5.56 Å². The fourth-order valence-corrected chi connectivity index (χ4v) is 3.02. The molecule has 2 rings (SSSR count). The van der Waals surface area contributed by atoms with Crippen molar-refractivity contribution in [2.75, 3.05) is 18.6 Å². The fraction of sp³-hybridized carbons (Fsp3) is 0.545. The number of benzene rings is 1. The molecule has 1 heterocycles. The van der Waals surface area contributed by atoms with Crippen LogP contribution in [-0.4, -0.2) is 23.6 Å². The standard InChI is InChI=1S/C22H30F3N3O/c1-4-6-8-11-17-12-10-13-18(15-17)28(3)20-19(22(23,24)25)16-26-21(27-20)29-14-9-7-5-2/h10,12-13,15-16H,4-9,11,14H2,1-3H3. The molecule has 0 saturated heterocycles. The predicted octanol–water partition coefficient (Wildman–Crippen LogP) is 6.57. The molecule has 0 unspecified atom stereocenters. The SMILES string of the molecule is CCCCCOc1ncc(C(F)(F)F)c(N(C)c2cccc(CCCCC)c2)n1. The number of ether oxygens (including phenoxy) is 1. The van der Waals surface area contributed by atoms with Gasteiger partial charge in [-0.25, -0.2) is 4.98 Å². The van der Waals surface area contributed by atoms with Crippen LogP contribution >= 0.6 is 0 Å². The zero-order chi connectivity index (χ0) is 21.3. The van der Waals surface area contributed by atoms with E-state index in [0.29, 0.717) is 12.3 Å². The van der Waals surface area contributed by atoms with Gasteiger partial charge < -0.3 is 9.64 Å². The zero-order valence-corrected chi connectivity index (χ0v) is 17.4. The van der Waals surface area contributed by atoms with E-state index in [1.54, 1.807) is 13.1 Å². The average Bonchev–Trinajstić information content (AvgIpc) is 2.70. The van der Waals surface area contributed by atoms with Crippen molar-refractivity contribution in [2.24, 2.45) is 0 Å². The van der Waals surface area contributed by atoms with Crippen LogP contribution in [0.4, 0.5) is 24.7 Å². The Labute approximate surface area is 171 Å². The molecule has 29 heavy (non-hydrogen) atoms. The summed E-state index contributed by atoms with van der Waals surface area (Å²) in [5.41, 5.74) is 0.874. The Hall–Kier alpha value is -2.31. The van der Waals surface area contributed by atoms with Crippen molar-refractivity contribution in [1.82, 2.24) is 9.97 Å². The minimum Gasteiger partial charge on any atom is -0.463 e. The molecular weight excluding hydrogens is 379 g/mol. The van der Waals surface area contributed by atoms with Crippen molar-refractivity contribution in [3.63, 3.8) is 0 Å². The van der Waals surface area contributed by atoms with Gasteiger partial charge >= 0.3 is 12.2 Å². The van der Waals surface area contributed by atoms with E-state index in [9.17, 15) is 13.2 Å². The maximum absolute atomic E-state index is 13.5. The molecule has 1 aromatic heterocycles. The number of anilines is 2. The maximum atomic E-state index is 13.5. The third kappa shape index (κ3) is 6.91. The molecule has 0 aliphatic carbocycles. The summed E-state index contributed by atoms with van der Waals surface area (Å²) in [4.78, 5) is 9.31. The monoisotopic (exact) mass is 409 g/mol. The molecule has 160 valence electrons. The summed E-state index contributed by atoms with van der Waals surface area (Å²) in [6.45, 7) is 4.59. The highest BCUT2D eigenvalue weighted by Gasteiger charge is 2.36. The van der Waals surface area contributed by atoms with Gasteiger partial charge in [0.25, 0.3) is 0 Å². The molecule has 0 spiro atoms. The molecular formula is C22H30F3N3O. The van der Waals surface area contributed by atoms with Gasteiger partial charge in [0.15, 0.2) is 5.82 Å². The highest BCUT2D eigenvalue weighted by Crippen LogP contribution is 2.37. The van der Waals surface area contributed by atoms with Crippen molar-refractivity contribution in [2.45, 2.75) is 65.0 Å². The van der Waals surface area contributed by atoms with Crippen LogP contribution in [0.25, 0.3) is 0 Å². The number of nitrogens with zero attached hydrogens (tertiary/aromatic N) is 3. The van der Waals surface area contributed by atoms with Gasteiger partial charge in [-0.1, -0.05) is 51.7 Å². The van der Waals surface area contributed by atoms with Crippen LogP contribution in [0, 0.1) is 0 Å². The van der Waals surface area contributed by atoms with E-state index in [0.717, 1.165) is 56.7 Å². The van der Waals surface area contributed by atoms with E-state index >= 15 is 0 Å². The number of halogens is 3. The molecule has 0 aliphatic heterocycles.